The molecule has 23 heavy (non-hydrogen) atoms. The van der Waals surface area contributed by atoms with E-state index in [1.807, 2.05) is 19.1 Å². The van der Waals surface area contributed by atoms with Gasteiger partial charge in [-0.2, -0.15) is 0 Å². The standard InChI is InChI=1S/C18H23NO4/c1-12-5-6-14(18(21)22)11-19(12)17(20)13-7-9-16(10-8-13)23-15-3-2-4-15/h7-10,12,14-15H,2-6,11H2,1H3,(H,21,22). The Balaban J connectivity index is 1.67. The highest BCUT2D eigenvalue weighted by atomic mass is 16.5. The first-order valence-electron chi connectivity index (χ1n) is 8.35. The van der Waals surface area contributed by atoms with Gasteiger partial charge >= 0.3 is 5.97 Å². The number of carbonyl (C=O) groups is 2. The van der Waals surface area contributed by atoms with E-state index in [2.05, 4.69) is 0 Å². The highest BCUT2D eigenvalue weighted by Gasteiger charge is 2.33. The van der Waals surface area contributed by atoms with Gasteiger partial charge < -0.3 is 14.7 Å². The molecular weight excluding hydrogens is 294 g/mol. The fourth-order valence-electron chi connectivity index (χ4n) is 3.11. The minimum absolute atomic E-state index is 0.0732. The Labute approximate surface area is 136 Å². The number of likely N-dealkylation sites (tertiary alicyclic amines) is 1. The first kappa shape index (κ1) is 15.8. The molecule has 5 nitrogen and oxygen atoms in total. The van der Waals surface area contributed by atoms with E-state index in [0.717, 1.165) is 25.0 Å². The molecule has 3 rings (SSSR count). The zero-order valence-corrected chi connectivity index (χ0v) is 13.4. The molecule has 1 saturated heterocycles. The van der Waals surface area contributed by atoms with Crippen molar-refractivity contribution in [2.45, 2.75) is 51.2 Å². The topological polar surface area (TPSA) is 66.8 Å². The fourth-order valence-corrected chi connectivity index (χ4v) is 3.11. The fraction of sp³-hybridized carbons (Fsp3) is 0.556. The second kappa shape index (κ2) is 6.60. The Morgan fingerprint density at radius 2 is 1.83 bits per heavy atom. The Hall–Kier alpha value is -2.04. The van der Waals surface area contributed by atoms with Crippen LogP contribution in [0.1, 0.15) is 49.4 Å². The van der Waals surface area contributed by atoms with Crippen molar-refractivity contribution in [3.05, 3.63) is 29.8 Å². The lowest BCUT2D eigenvalue weighted by molar-refractivity contribution is -0.143. The van der Waals surface area contributed by atoms with Crippen LogP contribution in [-0.2, 0) is 4.79 Å². The Morgan fingerprint density at radius 1 is 1.13 bits per heavy atom. The van der Waals surface area contributed by atoms with E-state index in [1.54, 1.807) is 17.0 Å². The molecule has 1 aromatic carbocycles. The number of carbonyl (C=O) groups excluding carboxylic acids is 1. The van der Waals surface area contributed by atoms with Crippen LogP contribution in [0.15, 0.2) is 24.3 Å². The molecule has 2 atom stereocenters. The van der Waals surface area contributed by atoms with Crippen molar-refractivity contribution >= 4 is 11.9 Å². The third-order valence-electron chi connectivity index (χ3n) is 4.95. The molecule has 2 fully saturated rings. The van der Waals surface area contributed by atoms with Crippen LogP contribution in [0.25, 0.3) is 0 Å². The second-order valence-electron chi connectivity index (χ2n) is 6.61. The number of carboxylic acids is 1. The van der Waals surface area contributed by atoms with Crippen LogP contribution in [0, 0.1) is 5.92 Å². The Bertz CT molecular complexity index is 579. The summed E-state index contributed by atoms with van der Waals surface area (Å²) >= 11 is 0. The quantitative estimate of drug-likeness (QED) is 0.927. The average molecular weight is 317 g/mol. The van der Waals surface area contributed by atoms with Gasteiger partial charge in [0.15, 0.2) is 0 Å². The molecule has 2 aliphatic rings. The van der Waals surface area contributed by atoms with Crippen molar-refractivity contribution in [1.82, 2.24) is 4.90 Å². The van der Waals surface area contributed by atoms with E-state index in [0.29, 0.717) is 18.1 Å². The summed E-state index contributed by atoms with van der Waals surface area (Å²) in [5, 5.41) is 9.19. The maximum atomic E-state index is 12.7. The summed E-state index contributed by atoms with van der Waals surface area (Å²) in [6, 6.07) is 7.27. The number of benzene rings is 1. The number of rotatable bonds is 4. The molecule has 0 bridgehead atoms. The molecule has 1 aliphatic heterocycles. The minimum atomic E-state index is -0.820. The van der Waals surface area contributed by atoms with Gasteiger partial charge in [0.1, 0.15) is 5.75 Å². The molecule has 1 saturated carbocycles. The van der Waals surface area contributed by atoms with Crippen molar-refractivity contribution in [2.75, 3.05) is 6.54 Å². The maximum Gasteiger partial charge on any atom is 0.308 e. The number of aliphatic carboxylic acids is 1. The Morgan fingerprint density at radius 3 is 2.39 bits per heavy atom. The second-order valence-corrected chi connectivity index (χ2v) is 6.61. The van der Waals surface area contributed by atoms with Crippen LogP contribution in [-0.4, -0.2) is 40.6 Å². The van der Waals surface area contributed by atoms with E-state index in [-0.39, 0.29) is 18.5 Å². The largest absolute Gasteiger partial charge is 0.490 e. The normalized spacial score (nSPS) is 24.8. The first-order valence-corrected chi connectivity index (χ1v) is 8.35. The molecule has 1 amide bonds. The van der Waals surface area contributed by atoms with Gasteiger partial charge in [-0.25, -0.2) is 0 Å². The van der Waals surface area contributed by atoms with Gasteiger partial charge in [0.2, 0.25) is 0 Å². The third-order valence-corrected chi connectivity index (χ3v) is 4.95. The molecule has 1 aliphatic carbocycles. The predicted octanol–water partition coefficient (Wildman–Crippen LogP) is 2.94. The van der Waals surface area contributed by atoms with Crippen molar-refractivity contribution in [3.8, 4) is 5.75 Å². The van der Waals surface area contributed by atoms with E-state index >= 15 is 0 Å². The monoisotopic (exact) mass is 317 g/mol. The van der Waals surface area contributed by atoms with Crippen molar-refractivity contribution < 1.29 is 19.4 Å². The highest BCUT2D eigenvalue weighted by Crippen LogP contribution is 2.27. The van der Waals surface area contributed by atoms with Gasteiger partial charge in [0.25, 0.3) is 5.91 Å². The van der Waals surface area contributed by atoms with Crippen molar-refractivity contribution in [2.24, 2.45) is 5.92 Å². The third kappa shape index (κ3) is 3.49. The summed E-state index contributed by atoms with van der Waals surface area (Å²) < 4.78 is 5.80. The van der Waals surface area contributed by atoms with Gasteiger partial charge in [-0.15, -0.1) is 0 Å². The number of nitrogens with zero attached hydrogens (tertiary/aromatic N) is 1. The summed E-state index contributed by atoms with van der Waals surface area (Å²) in [6.45, 7) is 2.26. The maximum absolute atomic E-state index is 12.7. The summed E-state index contributed by atoms with van der Waals surface area (Å²) in [7, 11) is 0. The van der Waals surface area contributed by atoms with Crippen LogP contribution >= 0.6 is 0 Å². The van der Waals surface area contributed by atoms with Gasteiger partial charge in [0.05, 0.1) is 12.0 Å². The Kier molecular flexibility index (Phi) is 4.55. The number of amides is 1. The SMILES string of the molecule is CC1CCC(C(=O)O)CN1C(=O)c1ccc(OC2CCC2)cc1. The van der Waals surface area contributed by atoms with Gasteiger partial charge in [0, 0.05) is 18.2 Å². The van der Waals surface area contributed by atoms with Crippen LogP contribution in [0.4, 0.5) is 0 Å². The van der Waals surface area contributed by atoms with Gasteiger partial charge in [-0.05, 0) is 63.3 Å². The number of ether oxygens (including phenoxy) is 1. The molecule has 5 heteroatoms. The number of piperidine rings is 1. The molecule has 1 aromatic rings. The lowest BCUT2D eigenvalue weighted by atomic mass is 9.93. The summed E-state index contributed by atoms with van der Waals surface area (Å²) in [6.07, 6.45) is 5.10. The molecular formula is C18H23NO4. The van der Waals surface area contributed by atoms with Crippen molar-refractivity contribution in [1.29, 1.82) is 0 Å². The van der Waals surface area contributed by atoms with Crippen LogP contribution in [0.2, 0.25) is 0 Å². The molecule has 0 radical (unpaired) electrons. The molecule has 1 heterocycles. The lowest BCUT2D eigenvalue weighted by Crippen LogP contribution is -2.47. The van der Waals surface area contributed by atoms with Crippen LogP contribution in [0.3, 0.4) is 0 Å². The predicted molar refractivity (Wildman–Crippen MR) is 85.6 cm³/mol. The number of hydrogen-bond donors (Lipinski definition) is 1. The zero-order chi connectivity index (χ0) is 16.4. The molecule has 2 unspecified atom stereocenters. The van der Waals surface area contributed by atoms with E-state index in [1.165, 1.54) is 6.42 Å². The lowest BCUT2D eigenvalue weighted by Gasteiger charge is -2.36. The van der Waals surface area contributed by atoms with Gasteiger partial charge in [-0.3, -0.25) is 9.59 Å². The van der Waals surface area contributed by atoms with Gasteiger partial charge in [-0.1, -0.05) is 0 Å². The highest BCUT2D eigenvalue weighted by molar-refractivity contribution is 5.95. The first-order chi connectivity index (χ1) is 11.0. The minimum Gasteiger partial charge on any atom is -0.490 e. The number of carboxylic acid groups (broad SMARTS) is 1. The molecule has 0 aromatic heterocycles. The van der Waals surface area contributed by atoms with Crippen LogP contribution < -0.4 is 4.74 Å². The van der Waals surface area contributed by atoms with Crippen LogP contribution in [0.5, 0.6) is 5.75 Å². The zero-order valence-electron chi connectivity index (χ0n) is 13.4. The molecule has 0 spiro atoms. The molecule has 124 valence electrons. The summed E-state index contributed by atoms with van der Waals surface area (Å²) in [4.78, 5) is 25.5. The summed E-state index contributed by atoms with van der Waals surface area (Å²) in [5.74, 6) is -0.588. The average Bonchev–Trinajstić information content (AvgIpc) is 2.51. The summed E-state index contributed by atoms with van der Waals surface area (Å²) in [5.41, 5.74) is 0.587. The molecule has 1 N–H and O–H groups in total. The smallest absolute Gasteiger partial charge is 0.308 e. The van der Waals surface area contributed by atoms with E-state index in [4.69, 9.17) is 4.74 Å². The number of hydrogen-bond acceptors (Lipinski definition) is 3. The van der Waals surface area contributed by atoms with Crippen molar-refractivity contribution in [3.63, 3.8) is 0 Å². The van der Waals surface area contributed by atoms with E-state index < -0.39 is 11.9 Å². The van der Waals surface area contributed by atoms with E-state index in [9.17, 15) is 14.7 Å².